The van der Waals surface area contributed by atoms with Crippen LogP contribution in [0.2, 0.25) is 0 Å². The van der Waals surface area contributed by atoms with E-state index in [0.29, 0.717) is 17.4 Å². The summed E-state index contributed by atoms with van der Waals surface area (Å²) in [5, 5.41) is 3.29. The van der Waals surface area contributed by atoms with Gasteiger partial charge in [-0.2, -0.15) is 0 Å². The average molecular weight is 337 g/mol. The number of thioether (sulfide) groups is 1. The van der Waals surface area contributed by atoms with E-state index >= 15 is 0 Å². The maximum Gasteiger partial charge on any atom is 0.240 e. The van der Waals surface area contributed by atoms with Crippen molar-refractivity contribution in [1.82, 2.24) is 10.0 Å². The van der Waals surface area contributed by atoms with Crippen LogP contribution in [0.15, 0.2) is 34.1 Å². The van der Waals surface area contributed by atoms with Crippen molar-refractivity contribution < 1.29 is 8.42 Å². The first kappa shape index (κ1) is 17.8. The molecule has 2 N–H and O–H groups in total. The summed E-state index contributed by atoms with van der Waals surface area (Å²) in [6.07, 6.45) is 4.14. The highest BCUT2D eigenvalue weighted by atomic mass is 35.5. The summed E-state index contributed by atoms with van der Waals surface area (Å²) in [5.74, 6) is 0.396. The minimum atomic E-state index is -3.38. The Balaban J connectivity index is 0.00000200. The third-order valence-corrected chi connectivity index (χ3v) is 5.46. The molecule has 1 aliphatic heterocycles. The van der Waals surface area contributed by atoms with Crippen LogP contribution in [-0.4, -0.2) is 34.3 Å². The van der Waals surface area contributed by atoms with Crippen molar-refractivity contribution >= 4 is 34.2 Å². The molecule has 4 nitrogen and oxygen atoms in total. The van der Waals surface area contributed by atoms with Gasteiger partial charge in [-0.1, -0.05) is 6.07 Å². The second-order valence-electron chi connectivity index (χ2n) is 4.74. The Bertz CT molecular complexity index is 517. The standard InChI is InChI=1S/C13H20N2O2S2.ClH/c1-18-12-5-2-6-13(8-12)19(16,17)15-10-11-4-3-7-14-9-11;/h2,5-6,8,11,14-15H,3-4,7,9-10H2,1H3;1H. The SMILES string of the molecule is CSc1cccc(S(=O)(=O)NCC2CCCNC2)c1.Cl. The summed E-state index contributed by atoms with van der Waals surface area (Å²) in [7, 11) is -3.38. The number of hydrogen-bond acceptors (Lipinski definition) is 4. The minimum absolute atomic E-state index is 0. The monoisotopic (exact) mass is 336 g/mol. The fourth-order valence-electron chi connectivity index (χ4n) is 2.18. The van der Waals surface area contributed by atoms with Gasteiger partial charge in [0, 0.05) is 11.4 Å². The molecule has 114 valence electrons. The van der Waals surface area contributed by atoms with Gasteiger partial charge in [0.15, 0.2) is 0 Å². The molecule has 0 aromatic heterocycles. The molecule has 1 saturated heterocycles. The lowest BCUT2D eigenvalue weighted by molar-refractivity contribution is 0.376. The van der Waals surface area contributed by atoms with E-state index in [1.165, 1.54) is 0 Å². The summed E-state index contributed by atoms with van der Waals surface area (Å²) in [4.78, 5) is 1.31. The van der Waals surface area contributed by atoms with Gasteiger partial charge in [-0.25, -0.2) is 13.1 Å². The fraction of sp³-hybridized carbons (Fsp3) is 0.538. The van der Waals surface area contributed by atoms with E-state index in [9.17, 15) is 8.42 Å². The zero-order valence-electron chi connectivity index (χ0n) is 11.5. The second-order valence-corrected chi connectivity index (χ2v) is 7.39. The van der Waals surface area contributed by atoms with Crippen molar-refractivity contribution in [3.05, 3.63) is 24.3 Å². The van der Waals surface area contributed by atoms with Gasteiger partial charge in [-0.15, -0.1) is 24.2 Å². The molecular weight excluding hydrogens is 316 g/mol. The zero-order valence-corrected chi connectivity index (χ0v) is 13.9. The van der Waals surface area contributed by atoms with E-state index in [1.54, 1.807) is 30.0 Å². The van der Waals surface area contributed by atoms with E-state index in [2.05, 4.69) is 10.0 Å². The number of halogens is 1. The van der Waals surface area contributed by atoms with Crippen molar-refractivity contribution in [2.24, 2.45) is 5.92 Å². The van der Waals surface area contributed by atoms with Crippen molar-refractivity contribution in [1.29, 1.82) is 0 Å². The predicted octanol–water partition coefficient (Wildman–Crippen LogP) is 2.11. The molecule has 1 aliphatic rings. The quantitative estimate of drug-likeness (QED) is 0.809. The average Bonchev–Trinajstić information content (AvgIpc) is 2.46. The summed E-state index contributed by atoms with van der Waals surface area (Å²) in [6.45, 7) is 2.45. The number of benzene rings is 1. The lowest BCUT2D eigenvalue weighted by Gasteiger charge is -2.22. The molecule has 0 bridgehead atoms. The molecule has 0 saturated carbocycles. The molecule has 7 heteroatoms. The molecule has 0 spiro atoms. The highest BCUT2D eigenvalue weighted by Crippen LogP contribution is 2.19. The highest BCUT2D eigenvalue weighted by Gasteiger charge is 2.18. The first-order chi connectivity index (χ1) is 9.12. The summed E-state index contributed by atoms with van der Waals surface area (Å²) in [6, 6.07) is 7.05. The minimum Gasteiger partial charge on any atom is -0.316 e. The Kier molecular flexibility index (Phi) is 7.33. The number of hydrogen-bond donors (Lipinski definition) is 2. The van der Waals surface area contributed by atoms with E-state index in [1.807, 2.05) is 12.3 Å². The topological polar surface area (TPSA) is 58.2 Å². The summed E-state index contributed by atoms with van der Waals surface area (Å²) >= 11 is 1.54. The highest BCUT2D eigenvalue weighted by molar-refractivity contribution is 7.98. The third kappa shape index (κ3) is 4.93. The van der Waals surface area contributed by atoms with Crippen molar-refractivity contribution in [2.75, 3.05) is 25.9 Å². The molecule has 0 amide bonds. The normalized spacial score (nSPS) is 19.4. The molecule has 0 radical (unpaired) electrons. The van der Waals surface area contributed by atoms with Crippen molar-refractivity contribution in [2.45, 2.75) is 22.6 Å². The van der Waals surface area contributed by atoms with Gasteiger partial charge >= 0.3 is 0 Å². The molecule has 1 aromatic carbocycles. The molecule has 1 heterocycles. The van der Waals surface area contributed by atoms with Gasteiger partial charge in [0.1, 0.15) is 0 Å². The Morgan fingerprint density at radius 3 is 2.90 bits per heavy atom. The predicted molar refractivity (Wildman–Crippen MR) is 86.3 cm³/mol. The van der Waals surface area contributed by atoms with E-state index in [0.717, 1.165) is 30.8 Å². The molecular formula is C13H21ClN2O2S2. The zero-order chi connectivity index (χ0) is 13.7. The van der Waals surface area contributed by atoms with Crippen LogP contribution in [0.4, 0.5) is 0 Å². The van der Waals surface area contributed by atoms with Gasteiger partial charge in [-0.05, 0) is 56.3 Å². The molecule has 1 aromatic rings. The molecule has 1 atom stereocenters. The number of rotatable bonds is 5. The Morgan fingerprint density at radius 1 is 1.45 bits per heavy atom. The van der Waals surface area contributed by atoms with E-state index in [-0.39, 0.29) is 12.4 Å². The Morgan fingerprint density at radius 2 is 2.25 bits per heavy atom. The molecule has 1 unspecified atom stereocenters. The van der Waals surface area contributed by atoms with Crippen LogP contribution in [0, 0.1) is 5.92 Å². The van der Waals surface area contributed by atoms with Crippen molar-refractivity contribution in [3.8, 4) is 0 Å². The van der Waals surface area contributed by atoms with Crippen molar-refractivity contribution in [3.63, 3.8) is 0 Å². The summed E-state index contributed by atoms with van der Waals surface area (Å²) in [5.41, 5.74) is 0. The van der Waals surface area contributed by atoms with Gasteiger partial charge in [0.2, 0.25) is 10.0 Å². The Labute approximate surface area is 131 Å². The van der Waals surface area contributed by atoms with Crippen LogP contribution in [-0.2, 0) is 10.0 Å². The first-order valence-electron chi connectivity index (χ1n) is 6.46. The lowest BCUT2D eigenvalue weighted by atomic mass is 10.0. The van der Waals surface area contributed by atoms with Gasteiger partial charge < -0.3 is 5.32 Å². The number of piperidine rings is 1. The number of sulfonamides is 1. The van der Waals surface area contributed by atoms with Crippen LogP contribution in [0.3, 0.4) is 0 Å². The van der Waals surface area contributed by atoms with Crippen LogP contribution >= 0.6 is 24.2 Å². The molecule has 2 rings (SSSR count). The summed E-state index contributed by atoms with van der Waals surface area (Å²) < 4.78 is 27.1. The van der Waals surface area contributed by atoms with Gasteiger partial charge in [0.05, 0.1) is 4.90 Å². The number of nitrogens with one attached hydrogen (secondary N) is 2. The molecule has 1 fully saturated rings. The molecule has 20 heavy (non-hydrogen) atoms. The van der Waals surface area contributed by atoms with Crippen LogP contribution in [0.1, 0.15) is 12.8 Å². The van der Waals surface area contributed by atoms with Crippen LogP contribution < -0.4 is 10.0 Å². The largest absolute Gasteiger partial charge is 0.316 e. The molecule has 0 aliphatic carbocycles. The maximum atomic E-state index is 12.2. The fourth-order valence-corrected chi connectivity index (χ4v) is 3.87. The third-order valence-electron chi connectivity index (χ3n) is 3.31. The second kappa shape index (κ2) is 8.24. The first-order valence-corrected chi connectivity index (χ1v) is 9.17. The van der Waals surface area contributed by atoms with Gasteiger partial charge in [-0.3, -0.25) is 0 Å². The lowest BCUT2D eigenvalue weighted by Crippen LogP contribution is -2.38. The van der Waals surface area contributed by atoms with Crippen LogP contribution in [0.25, 0.3) is 0 Å². The van der Waals surface area contributed by atoms with Gasteiger partial charge in [0.25, 0.3) is 0 Å². The van der Waals surface area contributed by atoms with E-state index < -0.39 is 10.0 Å². The van der Waals surface area contributed by atoms with E-state index in [4.69, 9.17) is 0 Å². The maximum absolute atomic E-state index is 12.2. The van der Waals surface area contributed by atoms with Crippen LogP contribution in [0.5, 0.6) is 0 Å². The smallest absolute Gasteiger partial charge is 0.240 e. The Hall–Kier alpha value is -0.270.